The number of hydrogen-bond acceptors (Lipinski definition) is 3. The van der Waals surface area contributed by atoms with Crippen molar-refractivity contribution in [1.29, 1.82) is 0 Å². The van der Waals surface area contributed by atoms with Gasteiger partial charge in [-0.25, -0.2) is 0 Å². The zero-order chi connectivity index (χ0) is 14.8. The van der Waals surface area contributed by atoms with Crippen LogP contribution in [-0.2, 0) is 6.42 Å². The molecule has 3 aromatic rings. The molecule has 0 saturated heterocycles. The molecule has 0 unspecified atom stereocenters. The van der Waals surface area contributed by atoms with Crippen LogP contribution in [0.25, 0.3) is 5.52 Å². The Kier molecular flexibility index (Phi) is 4.48. The molecule has 108 valence electrons. The molecule has 0 atom stereocenters. The maximum atomic E-state index is 5.98. The molecular weight excluding hydrogens is 320 g/mol. The summed E-state index contributed by atoms with van der Waals surface area (Å²) in [5.74, 6) is 0. The highest BCUT2D eigenvalue weighted by Crippen LogP contribution is 2.36. The fourth-order valence-corrected chi connectivity index (χ4v) is 4.26. The van der Waals surface area contributed by atoms with Gasteiger partial charge in [0.15, 0.2) is 0 Å². The Bertz CT molecular complexity index is 725. The van der Waals surface area contributed by atoms with Crippen LogP contribution in [0.2, 0.25) is 5.02 Å². The van der Waals surface area contributed by atoms with E-state index in [1.54, 1.807) is 23.5 Å². The summed E-state index contributed by atoms with van der Waals surface area (Å²) in [6.07, 6.45) is 11.0. The topological polar surface area (TPSA) is 17.3 Å². The molecule has 2 heterocycles. The van der Waals surface area contributed by atoms with E-state index in [1.807, 2.05) is 30.7 Å². The Morgan fingerprint density at radius 3 is 2.57 bits per heavy atom. The molecule has 5 heteroatoms. The number of benzene rings is 1. The number of halogens is 1. The van der Waals surface area contributed by atoms with Crippen molar-refractivity contribution < 1.29 is 0 Å². The smallest absolute Gasteiger partial charge is 0.0840 e. The Morgan fingerprint density at radius 2 is 1.90 bits per heavy atom. The molecule has 0 bridgehead atoms. The quantitative estimate of drug-likeness (QED) is 0.623. The van der Waals surface area contributed by atoms with Gasteiger partial charge in [0.1, 0.15) is 0 Å². The maximum Gasteiger partial charge on any atom is 0.0840 e. The average Bonchev–Trinajstić information content (AvgIpc) is 2.82. The van der Waals surface area contributed by atoms with E-state index in [9.17, 15) is 0 Å². The molecule has 0 aliphatic heterocycles. The van der Waals surface area contributed by atoms with E-state index in [2.05, 4.69) is 34.0 Å². The minimum Gasteiger partial charge on any atom is -0.307 e. The van der Waals surface area contributed by atoms with Crippen LogP contribution in [0.4, 0.5) is 0 Å². The largest absolute Gasteiger partial charge is 0.307 e. The highest BCUT2D eigenvalue weighted by Gasteiger charge is 2.17. The average molecular weight is 335 g/mol. The van der Waals surface area contributed by atoms with Gasteiger partial charge in [-0.15, -0.1) is 23.5 Å². The van der Waals surface area contributed by atoms with E-state index in [4.69, 9.17) is 11.6 Å². The van der Waals surface area contributed by atoms with Gasteiger partial charge in [-0.05, 0) is 30.2 Å². The van der Waals surface area contributed by atoms with Crippen molar-refractivity contribution in [3.05, 3.63) is 59.0 Å². The number of nitrogens with zero attached hydrogens (tertiary/aromatic N) is 2. The second-order valence-electron chi connectivity index (χ2n) is 4.66. The van der Waals surface area contributed by atoms with Gasteiger partial charge in [-0.2, -0.15) is 0 Å². The number of hydrogen-bond donors (Lipinski definition) is 0. The summed E-state index contributed by atoms with van der Waals surface area (Å²) in [6, 6.07) is 8.09. The first kappa shape index (κ1) is 14.8. The third kappa shape index (κ3) is 2.80. The molecule has 0 aliphatic carbocycles. The maximum absolute atomic E-state index is 5.98. The van der Waals surface area contributed by atoms with E-state index in [0.29, 0.717) is 0 Å². The van der Waals surface area contributed by atoms with E-state index in [-0.39, 0.29) is 0 Å². The summed E-state index contributed by atoms with van der Waals surface area (Å²) in [5.41, 5.74) is 3.82. The van der Waals surface area contributed by atoms with E-state index >= 15 is 0 Å². The molecule has 0 amide bonds. The lowest BCUT2D eigenvalue weighted by Crippen LogP contribution is -1.91. The Hall–Kier alpha value is -1.10. The van der Waals surface area contributed by atoms with Gasteiger partial charge in [-0.3, -0.25) is 4.98 Å². The highest BCUT2D eigenvalue weighted by atomic mass is 35.5. The minimum atomic E-state index is 0.778. The molecule has 0 fully saturated rings. The number of rotatable bonds is 4. The molecule has 0 aliphatic rings. The molecular formula is C16H15ClN2S2. The van der Waals surface area contributed by atoms with Crippen molar-refractivity contribution in [1.82, 2.24) is 9.38 Å². The molecule has 0 radical (unpaired) electrons. The molecule has 0 N–H and O–H groups in total. The molecule has 3 rings (SSSR count). The Labute approximate surface area is 137 Å². The van der Waals surface area contributed by atoms with Crippen LogP contribution in [0.5, 0.6) is 0 Å². The van der Waals surface area contributed by atoms with E-state index in [1.165, 1.54) is 26.6 Å². The first-order valence-corrected chi connectivity index (χ1v) is 9.36. The van der Waals surface area contributed by atoms with Gasteiger partial charge >= 0.3 is 0 Å². The summed E-state index contributed by atoms with van der Waals surface area (Å²) < 4.78 is 2.23. The normalized spacial score (nSPS) is 11.2. The zero-order valence-corrected chi connectivity index (χ0v) is 14.2. The van der Waals surface area contributed by atoms with Gasteiger partial charge in [-0.1, -0.05) is 23.7 Å². The molecule has 21 heavy (non-hydrogen) atoms. The summed E-state index contributed by atoms with van der Waals surface area (Å²) in [7, 11) is 0. The van der Waals surface area contributed by atoms with E-state index in [0.717, 1.165) is 11.4 Å². The highest BCUT2D eigenvalue weighted by molar-refractivity contribution is 7.99. The van der Waals surface area contributed by atoms with Crippen LogP contribution < -0.4 is 0 Å². The van der Waals surface area contributed by atoms with Gasteiger partial charge in [0.05, 0.1) is 16.7 Å². The van der Waals surface area contributed by atoms with Gasteiger partial charge in [0.2, 0.25) is 0 Å². The fraction of sp³-hybridized carbons (Fsp3) is 0.188. The summed E-state index contributed by atoms with van der Waals surface area (Å²) in [5, 5.41) is 2.06. The van der Waals surface area contributed by atoms with Crippen molar-refractivity contribution in [3.8, 4) is 0 Å². The van der Waals surface area contributed by atoms with Crippen LogP contribution in [0.3, 0.4) is 0 Å². The minimum absolute atomic E-state index is 0.778. The lowest BCUT2D eigenvalue weighted by molar-refractivity contribution is 0.981. The van der Waals surface area contributed by atoms with Crippen LogP contribution in [0.1, 0.15) is 11.1 Å². The predicted octanol–water partition coefficient (Wildman–Crippen LogP) is 5.02. The second kappa shape index (κ2) is 6.34. The van der Waals surface area contributed by atoms with Gasteiger partial charge < -0.3 is 4.40 Å². The fourth-order valence-electron chi connectivity index (χ4n) is 2.52. The molecule has 2 aromatic heterocycles. The predicted molar refractivity (Wildman–Crippen MR) is 93.0 cm³/mol. The van der Waals surface area contributed by atoms with E-state index < -0.39 is 0 Å². The Balaban J connectivity index is 2.14. The Morgan fingerprint density at radius 1 is 1.14 bits per heavy atom. The molecule has 2 nitrogen and oxygen atoms in total. The monoisotopic (exact) mass is 334 g/mol. The van der Waals surface area contributed by atoms with Crippen molar-refractivity contribution in [3.63, 3.8) is 0 Å². The van der Waals surface area contributed by atoms with Crippen molar-refractivity contribution in [2.24, 2.45) is 0 Å². The standard InChI is InChI=1S/C16H15ClN2S2/c1-20-15-13(9-11-3-5-12(17)6-4-11)16(21-2)19-8-7-18-10-14(15)19/h3-8,10H,9H2,1-2H3. The van der Waals surface area contributed by atoms with Crippen molar-refractivity contribution in [2.75, 3.05) is 12.5 Å². The first-order chi connectivity index (χ1) is 10.2. The number of aromatic nitrogens is 2. The summed E-state index contributed by atoms with van der Waals surface area (Å²) >= 11 is 9.54. The molecule has 0 saturated carbocycles. The number of thioether (sulfide) groups is 2. The zero-order valence-electron chi connectivity index (χ0n) is 11.8. The SMILES string of the molecule is CSc1c(Cc2ccc(Cl)cc2)c(SC)n2ccncc12. The summed E-state index contributed by atoms with van der Waals surface area (Å²) in [4.78, 5) is 5.58. The van der Waals surface area contributed by atoms with Crippen molar-refractivity contribution >= 4 is 40.6 Å². The first-order valence-electron chi connectivity index (χ1n) is 6.54. The second-order valence-corrected chi connectivity index (χ2v) is 6.70. The van der Waals surface area contributed by atoms with Crippen LogP contribution in [0, 0.1) is 0 Å². The molecule has 1 aromatic carbocycles. The third-order valence-electron chi connectivity index (χ3n) is 3.43. The van der Waals surface area contributed by atoms with Crippen LogP contribution >= 0.6 is 35.1 Å². The van der Waals surface area contributed by atoms with Crippen molar-refractivity contribution in [2.45, 2.75) is 16.3 Å². The van der Waals surface area contributed by atoms with Crippen LogP contribution in [-0.4, -0.2) is 21.9 Å². The molecule has 0 spiro atoms. The summed E-state index contributed by atoms with van der Waals surface area (Å²) in [6.45, 7) is 0. The lowest BCUT2D eigenvalue weighted by atomic mass is 10.1. The third-order valence-corrected chi connectivity index (χ3v) is 5.38. The number of fused-ring (bicyclic) bond motifs is 1. The van der Waals surface area contributed by atoms with Gasteiger partial charge in [0.25, 0.3) is 0 Å². The van der Waals surface area contributed by atoms with Gasteiger partial charge in [0, 0.05) is 34.3 Å². The lowest BCUT2D eigenvalue weighted by Gasteiger charge is -2.05. The van der Waals surface area contributed by atoms with Crippen LogP contribution in [0.15, 0.2) is 52.8 Å².